The number of amides is 2. The van der Waals surface area contributed by atoms with Crippen molar-refractivity contribution in [3.63, 3.8) is 0 Å². The highest BCUT2D eigenvalue weighted by Crippen LogP contribution is 2.53. The lowest BCUT2D eigenvalue weighted by atomic mass is 9.94. The van der Waals surface area contributed by atoms with Crippen LogP contribution in [0.2, 0.25) is 0 Å². The van der Waals surface area contributed by atoms with Crippen LogP contribution in [0.25, 0.3) is 11.1 Å². The van der Waals surface area contributed by atoms with Crippen molar-refractivity contribution in [3.05, 3.63) is 35.8 Å². The number of alkyl halides is 2. The lowest BCUT2D eigenvalue weighted by Gasteiger charge is -2.32. The van der Waals surface area contributed by atoms with Gasteiger partial charge in [0.1, 0.15) is 28.1 Å². The second-order valence-corrected chi connectivity index (χ2v) is 11.6. The second-order valence-electron chi connectivity index (χ2n) is 10.4. The van der Waals surface area contributed by atoms with Crippen LogP contribution in [-0.4, -0.2) is 46.3 Å². The van der Waals surface area contributed by atoms with Gasteiger partial charge in [-0.2, -0.15) is 0 Å². The lowest BCUT2D eigenvalue weighted by Crippen LogP contribution is -2.44. The largest absolute Gasteiger partial charge is 0.494 e. The molecule has 204 valence electrons. The topological polar surface area (TPSA) is 108 Å². The number of hydrazine groups is 1. The molecule has 2 aromatic heterocycles. The number of hydrogen-bond donors (Lipinski definition) is 3. The Morgan fingerprint density at radius 1 is 1.18 bits per heavy atom. The van der Waals surface area contributed by atoms with Gasteiger partial charge >= 0.3 is 0 Å². The fourth-order valence-corrected chi connectivity index (χ4v) is 5.72. The van der Waals surface area contributed by atoms with Crippen molar-refractivity contribution < 1.29 is 23.1 Å². The predicted molar refractivity (Wildman–Crippen MR) is 142 cm³/mol. The molecule has 2 aliphatic carbocycles. The van der Waals surface area contributed by atoms with Crippen molar-refractivity contribution in [3.8, 4) is 28.7 Å². The molecule has 0 aromatic carbocycles. The number of ether oxygens (including phenoxy) is 1. The number of anilines is 1. The van der Waals surface area contributed by atoms with E-state index in [-0.39, 0.29) is 33.6 Å². The maximum Gasteiger partial charge on any atom is 0.280 e. The van der Waals surface area contributed by atoms with E-state index in [0.717, 1.165) is 32.1 Å². The van der Waals surface area contributed by atoms with Crippen molar-refractivity contribution in [2.45, 2.75) is 55.8 Å². The van der Waals surface area contributed by atoms with Crippen LogP contribution in [0.4, 0.5) is 14.6 Å². The standard InChI is InChI=1S/C27H28F2N6O3S/c1-38-20-13-30-19(24(28)29)10-17(20)16-11-21(35-14-27(8-9-27)7-6-23(35)36)31-12-18(16)25(37)32-26-34-33-22(39-26)5-4-15-2-3-15/h10-13,15,22,24,26,33-34H,2-3,6-9,14H2,1H3,(H,32,37). The third-order valence-electron chi connectivity index (χ3n) is 7.53. The Hall–Kier alpha value is -3.27. The van der Waals surface area contributed by atoms with Crippen LogP contribution in [0, 0.1) is 23.2 Å². The average molecular weight is 555 g/mol. The van der Waals surface area contributed by atoms with E-state index < -0.39 is 23.5 Å². The van der Waals surface area contributed by atoms with Crippen LogP contribution in [0.3, 0.4) is 0 Å². The lowest BCUT2D eigenvalue weighted by molar-refractivity contribution is -0.120. The van der Waals surface area contributed by atoms with Gasteiger partial charge < -0.3 is 10.1 Å². The molecule has 4 aliphatic rings. The summed E-state index contributed by atoms with van der Waals surface area (Å²) in [6, 6.07) is 2.83. The van der Waals surface area contributed by atoms with Crippen LogP contribution >= 0.6 is 11.8 Å². The minimum Gasteiger partial charge on any atom is -0.494 e. The number of nitrogens with zero attached hydrogens (tertiary/aromatic N) is 3. The SMILES string of the molecule is COc1cnc(C(F)F)cc1-c1cc(N2CC3(CCC2=O)CC3)ncc1C(=O)NC1NNC(C#CC2CC2)S1. The molecule has 4 heterocycles. The van der Waals surface area contributed by atoms with Gasteiger partial charge in [0.2, 0.25) is 5.91 Å². The van der Waals surface area contributed by atoms with Crippen LogP contribution in [0.1, 0.15) is 61.0 Å². The fraction of sp³-hybridized carbons (Fsp3) is 0.481. The molecule has 9 nitrogen and oxygen atoms in total. The van der Waals surface area contributed by atoms with Gasteiger partial charge in [0.05, 0.1) is 18.9 Å². The summed E-state index contributed by atoms with van der Waals surface area (Å²) in [4.78, 5) is 36.3. The first-order chi connectivity index (χ1) is 18.8. The third kappa shape index (κ3) is 5.57. The van der Waals surface area contributed by atoms with Crippen molar-refractivity contribution in [1.29, 1.82) is 0 Å². The molecule has 2 saturated heterocycles. The first-order valence-electron chi connectivity index (χ1n) is 13.0. The van der Waals surface area contributed by atoms with Gasteiger partial charge in [0.25, 0.3) is 12.3 Å². The molecule has 3 N–H and O–H groups in total. The van der Waals surface area contributed by atoms with Gasteiger partial charge in [0.15, 0.2) is 0 Å². The summed E-state index contributed by atoms with van der Waals surface area (Å²) in [5, 5.41) is 2.73. The highest BCUT2D eigenvalue weighted by Gasteiger charge is 2.48. The summed E-state index contributed by atoms with van der Waals surface area (Å²) in [7, 11) is 1.41. The minimum atomic E-state index is -2.81. The maximum absolute atomic E-state index is 13.6. The van der Waals surface area contributed by atoms with Crippen LogP contribution in [0.5, 0.6) is 5.75 Å². The monoisotopic (exact) mass is 554 g/mol. The molecular weight excluding hydrogens is 526 g/mol. The molecule has 39 heavy (non-hydrogen) atoms. The molecule has 0 radical (unpaired) electrons. The molecule has 2 aliphatic heterocycles. The summed E-state index contributed by atoms with van der Waals surface area (Å²) in [6.07, 6.45) is 5.45. The highest BCUT2D eigenvalue weighted by atomic mass is 32.2. The van der Waals surface area contributed by atoms with Crippen LogP contribution in [-0.2, 0) is 4.79 Å². The molecule has 12 heteroatoms. The van der Waals surface area contributed by atoms with E-state index in [1.54, 1.807) is 11.0 Å². The van der Waals surface area contributed by atoms with Gasteiger partial charge in [-0.3, -0.25) is 19.5 Å². The summed E-state index contributed by atoms with van der Waals surface area (Å²) in [6.45, 7) is 0.553. The Bertz CT molecular complexity index is 1370. The first-order valence-corrected chi connectivity index (χ1v) is 13.9. The minimum absolute atomic E-state index is 0.0471. The molecule has 1 spiro atoms. The summed E-state index contributed by atoms with van der Waals surface area (Å²) < 4.78 is 32.7. The van der Waals surface area contributed by atoms with Crippen LogP contribution < -0.4 is 25.8 Å². The van der Waals surface area contributed by atoms with Crippen molar-refractivity contribution in [2.24, 2.45) is 11.3 Å². The van der Waals surface area contributed by atoms with E-state index in [2.05, 4.69) is 38.0 Å². The third-order valence-corrected chi connectivity index (χ3v) is 8.55. The zero-order chi connectivity index (χ0) is 27.1. The summed E-state index contributed by atoms with van der Waals surface area (Å²) in [5.41, 5.74) is 6.01. The van der Waals surface area contributed by atoms with Crippen LogP contribution in [0.15, 0.2) is 24.5 Å². The smallest absolute Gasteiger partial charge is 0.280 e. The Kier molecular flexibility index (Phi) is 6.91. The number of methoxy groups -OCH3 is 1. The molecule has 2 unspecified atom stereocenters. The number of carbonyl (C=O) groups excluding carboxylic acids is 2. The van der Waals surface area contributed by atoms with E-state index in [4.69, 9.17) is 4.74 Å². The van der Waals surface area contributed by atoms with Crippen molar-refractivity contribution in [1.82, 2.24) is 26.1 Å². The number of nitrogens with one attached hydrogen (secondary N) is 3. The molecule has 2 amide bonds. The molecule has 2 atom stereocenters. The molecule has 2 saturated carbocycles. The zero-order valence-corrected chi connectivity index (χ0v) is 22.1. The average Bonchev–Trinajstić information content (AvgIpc) is 3.87. The number of halogens is 2. The number of pyridine rings is 2. The van der Waals surface area contributed by atoms with E-state index in [9.17, 15) is 18.4 Å². The second kappa shape index (κ2) is 10.4. The van der Waals surface area contributed by atoms with Gasteiger partial charge in [0, 0.05) is 36.2 Å². The highest BCUT2D eigenvalue weighted by molar-refractivity contribution is 8.00. The number of rotatable bonds is 6. The predicted octanol–water partition coefficient (Wildman–Crippen LogP) is 3.59. The van der Waals surface area contributed by atoms with E-state index in [1.165, 1.54) is 37.3 Å². The Balaban J connectivity index is 1.33. The van der Waals surface area contributed by atoms with Gasteiger partial charge in [-0.05, 0) is 49.7 Å². The summed E-state index contributed by atoms with van der Waals surface area (Å²) >= 11 is 1.42. The maximum atomic E-state index is 13.6. The normalized spacial score (nSPS) is 23.5. The van der Waals surface area contributed by atoms with Gasteiger partial charge in [-0.25, -0.2) is 24.6 Å². The number of aromatic nitrogens is 2. The number of hydrogen-bond acceptors (Lipinski definition) is 8. The number of carbonyl (C=O) groups is 2. The first kappa shape index (κ1) is 26.0. The van der Waals surface area contributed by atoms with E-state index in [1.807, 2.05) is 0 Å². The Morgan fingerprint density at radius 2 is 2.00 bits per heavy atom. The quantitative estimate of drug-likeness (QED) is 0.465. The van der Waals surface area contributed by atoms with E-state index >= 15 is 0 Å². The van der Waals surface area contributed by atoms with Crippen molar-refractivity contribution >= 4 is 29.4 Å². The fourth-order valence-electron chi connectivity index (χ4n) is 4.86. The van der Waals surface area contributed by atoms with Crippen molar-refractivity contribution in [2.75, 3.05) is 18.6 Å². The zero-order valence-electron chi connectivity index (χ0n) is 21.3. The van der Waals surface area contributed by atoms with E-state index in [0.29, 0.717) is 30.3 Å². The molecule has 0 bridgehead atoms. The molecule has 6 rings (SSSR count). The number of piperidine rings is 1. The molecule has 4 fully saturated rings. The Morgan fingerprint density at radius 3 is 2.72 bits per heavy atom. The Labute approximate surface area is 228 Å². The van der Waals surface area contributed by atoms with Gasteiger partial charge in [-0.15, -0.1) is 0 Å². The summed E-state index contributed by atoms with van der Waals surface area (Å²) in [5.74, 6) is 6.91. The molecule has 2 aromatic rings. The number of thioether (sulfide) groups is 1. The molecular formula is C27H28F2N6O3S. The van der Waals surface area contributed by atoms with Gasteiger partial charge in [-0.1, -0.05) is 23.6 Å².